The third-order valence-electron chi connectivity index (χ3n) is 6.86. The molecular weight excluding hydrogens is 419 g/mol. The van der Waals surface area contributed by atoms with Gasteiger partial charge in [-0.15, -0.1) is 0 Å². The Morgan fingerprint density at radius 2 is 2.00 bits per heavy atom. The molecular formula is C24H30F3N3O2. The van der Waals surface area contributed by atoms with Crippen LogP contribution in [0.4, 0.5) is 13.2 Å². The average Bonchev–Trinajstić information content (AvgIpc) is 2.72. The summed E-state index contributed by atoms with van der Waals surface area (Å²) in [6.07, 6.45) is 1.44. The normalized spacial score (nSPS) is 26.1. The fraction of sp³-hybridized carbons (Fsp3) is 0.583. The summed E-state index contributed by atoms with van der Waals surface area (Å²) in [5, 5.41) is 17.7. The molecule has 2 aliphatic rings. The van der Waals surface area contributed by atoms with Gasteiger partial charge in [-0.25, -0.2) is 0 Å². The molecule has 32 heavy (non-hydrogen) atoms. The molecule has 5 nitrogen and oxygen atoms in total. The van der Waals surface area contributed by atoms with Crippen molar-refractivity contribution in [1.82, 2.24) is 15.6 Å². The topological polar surface area (TPSA) is 74.2 Å². The number of hydrogen-bond donors (Lipinski definition) is 3. The second-order valence-electron chi connectivity index (χ2n) is 9.59. The predicted molar refractivity (Wildman–Crippen MR) is 116 cm³/mol. The van der Waals surface area contributed by atoms with Crippen molar-refractivity contribution in [3.05, 3.63) is 41.6 Å². The van der Waals surface area contributed by atoms with Crippen LogP contribution in [-0.4, -0.2) is 34.7 Å². The lowest BCUT2D eigenvalue weighted by Gasteiger charge is -2.43. The molecule has 8 heteroatoms. The van der Waals surface area contributed by atoms with Crippen LogP contribution in [0.3, 0.4) is 0 Å². The second kappa shape index (κ2) is 8.63. The Kier molecular flexibility index (Phi) is 6.20. The molecule has 1 aliphatic carbocycles. The van der Waals surface area contributed by atoms with E-state index in [4.69, 9.17) is 0 Å². The van der Waals surface area contributed by atoms with Gasteiger partial charge in [-0.2, -0.15) is 13.2 Å². The number of pyridine rings is 1. The highest BCUT2D eigenvalue weighted by Gasteiger charge is 2.42. The number of fused-ring (bicyclic) bond motifs is 1. The summed E-state index contributed by atoms with van der Waals surface area (Å²) < 4.78 is 40.8. The minimum atomic E-state index is -4.52. The summed E-state index contributed by atoms with van der Waals surface area (Å²) in [4.78, 5) is 17.2. The fourth-order valence-electron chi connectivity index (χ4n) is 5.45. The molecule has 0 unspecified atom stereocenters. The van der Waals surface area contributed by atoms with Gasteiger partial charge in [0.05, 0.1) is 28.6 Å². The van der Waals surface area contributed by atoms with Gasteiger partial charge in [0.15, 0.2) is 0 Å². The van der Waals surface area contributed by atoms with Crippen molar-refractivity contribution < 1.29 is 23.1 Å². The van der Waals surface area contributed by atoms with E-state index in [1.165, 1.54) is 12.3 Å². The lowest BCUT2D eigenvalue weighted by atomic mass is 9.76. The number of piperidine rings is 1. The largest absolute Gasteiger partial charge is 0.418 e. The summed E-state index contributed by atoms with van der Waals surface area (Å²) in [6, 6.07) is 5.79. The Balaban J connectivity index is 1.74. The number of alkyl halides is 3. The maximum atomic E-state index is 13.6. The third kappa shape index (κ3) is 4.62. The maximum Gasteiger partial charge on any atom is 0.418 e. The maximum absolute atomic E-state index is 13.6. The SMILES string of the molecule is C[C@@H]1CNC[C@](NC(=O)CC2(O)CCCCC2)(c2ccc(C(F)(F)F)c3ncccc23)C1. The Labute approximate surface area is 185 Å². The molecule has 0 radical (unpaired) electrons. The van der Waals surface area contributed by atoms with Crippen molar-refractivity contribution in [2.45, 2.75) is 69.2 Å². The smallest absolute Gasteiger partial charge is 0.389 e. The van der Waals surface area contributed by atoms with Crippen LogP contribution in [0.25, 0.3) is 10.9 Å². The molecule has 3 N–H and O–H groups in total. The van der Waals surface area contributed by atoms with E-state index in [2.05, 4.69) is 15.6 Å². The van der Waals surface area contributed by atoms with Crippen LogP contribution in [0.15, 0.2) is 30.5 Å². The van der Waals surface area contributed by atoms with E-state index in [9.17, 15) is 23.1 Å². The van der Waals surface area contributed by atoms with Crippen molar-refractivity contribution in [3.63, 3.8) is 0 Å². The molecule has 1 saturated heterocycles. The minimum absolute atomic E-state index is 0.0000514. The van der Waals surface area contributed by atoms with Gasteiger partial charge in [0, 0.05) is 18.1 Å². The first kappa shape index (κ1) is 23.0. The molecule has 1 aromatic carbocycles. The first-order valence-electron chi connectivity index (χ1n) is 11.3. The van der Waals surface area contributed by atoms with Crippen molar-refractivity contribution >= 4 is 16.8 Å². The quantitative estimate of drug-likeness (QED) is 0.652. The highest BCUT2D eigenvalue weighted by molar-refractivity contribution is 5.88. The van der Waals surface area contributed by atoms with E-state index < -0.39 is 22.9 Å². The summed E-state index contributed by atoms with van der Waals surface area (Å²) in [5.41, 5.74) is -2.18. The van der Waals surface area contributed by atoms with E-state index in [1.807, 2.05) is 6.92 Å². The number of halogens is 3. The molecule has 174 valence electrons. The average molecular weight is 450 g/mol. The van der Waals surface area contributed by atoms with E-state index in [-0.39, 0.29) is 23.8 Å². The van der Waals surface area contributed by atoms with Crippen molar-refractivity contribution in [3.8, 4) is 0 Å². The highest BCUT2D eigenvalue weighted by atomic mass is 19.4. The molecule has 2 heterocycles. The van der Waals surface area contributed by atoms with Crippen LogP contribution in [0.2, 0.25) is 0 Å². The number of carbonyl (C=O) groups is 1. The molecule has 1 aliphatic heterocycles. The van der Waals surface area contributed by atoms with Gasteiger partial charge in [0.1, 0.15) is 0 Å². The summed E-state index contributed by atoms with van der Waals surface area (Å²) in [7, 11) is 0. The first-order chi connectivity index (χ1) is 15.1. The monoisotopic (exact) mass is 449 g/mol. The van der Waals surface area contributed by atoms with Crippen LogP contribution in [0.1, 0.15) is 63.0 Å². The molecule has 2 aromatic rings. The summed E-state index contributed by atoms with van der Waals surface area (Å²) in [6.45, 7) is 3.21. The number of aromatic nitrogens is 1. The lowest BCUT2D eigenvalue weighted by Crippen LogP contribution is -2.58. The standard InChI is InChI=1S/C24H30F3N3O2/c1-16-12-23(15-28-14-16,30-20(31)13-22(32)9-3-2-4-10-22)18-7-8-19(24(25,26)27)21-17(18)6-5-11-29-21/h5-8,11,16,28,32H,2-4,9-10,12-15H2,1H3,(H,30,31)/t16-,23-/m0/s1. The number of carbonyl (C=O) groups excluding carboxylic acids is 1. The Hall–Kier alpha value is -2.19. The molecule has 2 atom stereocenters. The van der Waals surface area contributed by atoms with E-state index in [0.717, 1.165) is 31.9 Å². The van der Waals surface area contributed by atoms with E-state index >= 15 is 0 Å². The number of aliphatic hydroxyl groups is 1. The summed E-state index contributed by atoms with van der Waals surface area (Å²) >= 11 is 0. The molecule has 2 fully saturated rings. The molecule has 1 aromatic heterocycles. The lowest BCUT2D eigenvalue weighted by molar-refractivity contribution is -0.136. The van der Waals surface area contributed by atoms with Crippen molar-refractivity contribution in [1.29, 1.82) is 0 Å². The van der Waals surface area contributed by atoms with Crippen LogP contribution in [0.5, 0.6) is 0 Å². The van der Waals surface area contributed by atoms with Gasteiger partial charge in [-0.3, -0.25) is 9.78 Å². The van der Waals surface area contributed by atoms with Crippen LogP contribution < -0.4 is 10.6 Å². The zero-order valence-electron chi connectivity index (χ0n) is 18.3. The van der Waals surface area contributed by atoms with Crippen molar-refractivity contribution in [2.75, 3.05) is 13.1 Å². The number of nitrogens with zero attached hydrogens (tertiary/aromatic N) is 1. The molecule has 0 spiro atoms. The molecule has 1 saturated carbocycles. The van der Waals surface area contributed by atoms with Gasteiger partial charge in [0.2, 0.25) is 5.91 Å². The zero-order chi connectivity index (χ0) is 23.0. The predicted octanol–water partition coefficient (Wildman–Crippen LogP) is 4.28. The summed E-state index contributed by atoms with van der Waals surface area (Å²) in [5.74, 6) is -0.0712. The van der Waals surface area contributed by atoms with Crippen LogP contribution in [0, 0.1) is 5.92 Å². The van der Waals surface area contributed by atoms with Crippen LogP contribution >= 0.6 is 0 Å². The fourth-order valence-corrected chi connectivity index (χ4v) is 5.45. The molecule has 4 rings (SSSR count). The van der Waals surface area contributed by atoms with Crippen LogP contribution in [-0.2, 0) is 16.5 Å². The van der Waals surface area contributed by atoms with E-state index in [0.29, 0.717) is 36.8 Å². The number of hydrogen-bond acceptors (Lipinski definition) is 4. The Morgan fingerprint density at radius 3 is 2.69 bits per heavy atom. The van der Waals surface area contributed by atoms with Gasteiger partial charge < -0.3 is 15.7 Å². The van der Waals surface area contributed by atoms with Gasteiger partial charge in [0.25, 0.3) is 0 Å². The molecule has 0 bridgehead atoms. The second-order valence-corrected chi connectivity index (χ2v) is 9.59. The highest BCUT2D eigenvalue weighted by Crippen LogP contribution is 2.41. The van der Waals surface area contributed by atoms with Crippen molar-refractivity contribution in [2.24, 2.45) is 5.92 Å². The zero-order valence-corrected chi connectivity index (χ0v) is 18.3. The van der Waals surface area contributed by atoms with Gasteiger partial charge in [-0.1, -0.05) is 38.3 Å². The molecule has 1 amide bonds. The third-order valence-corrected chi connectivity index (χ3v) is 6.86. The minimum Gasteiger partial charge on any atom is -0.389 e. The number of rotatable bonds is 4. The Morgan fingerprint density at radius 1 is 1.25 bits per heavy atom. The number of amides is 1. The number of nitrogens with one attached hydrogen (secondary N) is 2. The Bertz CT molecular complexity index is 988. The van der Waals surface area contributed by atoms with Gasteiger partial charge >= 0.3 is 6.18 Å². The van der Waals surface area contributed by atoms with E-state index in [1.54, 1.807) is 12.1 Å². The van der Waals surface area contributed by atoms with Gasteiger partial charge in [-0.05, 0) is 49.4 Å². The first-order valence-corrected chi connectivity index (χ1v) is 11.3. The number of benzene rings is 1.